The standard InChI is InChI=1S/C12H15NO4/c1-16-12(15)11-7-10(4-5-13-11)17-9-3-2-8(14)6-9/h4-5,7-9,14H,2-3,6H2,1H3. The largest absolute Gasteiger partial charge is 0.490 e. The summed E-state index contributed by atoms with van der Waals surface area (Å²) < 4.78 is 10.3. The third kappa shape index (κ3) is 2.94. The van der Waals surface area contributed by atoms with E-state index in [9.17, 15) is 9.90 Å². The molecule has 0 saturated heterocycles. The van der Waals surface area contributed by atoms with Crippen LogP contribution in [-0.2, 0) is 4.74 Å². The van der Waals surface area contributed by atoms with E-state index >= 15 is 0 Å². The highest BCUT2D eigenvalue weighted by molar-refractivity contribution is 5.87. The Hall–Kier alpha value is -1.62. The fourth-order valence-electron chi connectivity index (χ4n) is 1.92. The maximum Gasteiger partial charge on any atom is 0.356 e. The molecule has 17 heavy (non-hydrogen) atoms. The molecule has 2 atom stereocenters. The van der Waals surface area contributed by atoms with Crippen LogP contribution in [0.3, 0.4) is 0 Å². The zero-order chi connectivity index (χ0) is 12.3. The van der Waals surface area contributed by atoms with Crippen molar-refractivity contribution in [1.29, 1.82) is 0 Å². The van der Waals surface area contributed by atoms with Gasteiger partial charge in [0.05, 0.1) is 13.2 Å². The first-order valence-electron chi connectivity index (χ1n) is 5.58. The molecule has 92 valence electrons. The number of carbonyl (C=O) groups excluding carboxylic acids is 1. The van der Waals surface area contributed by atoms with Gasteiger partial charge in [0.15, 0.2) is 5.69 Å². The molecule has 1 saturated carbocycles. The Bertz CT molecular complexity index is 407. The molecule has 0 bridgehead atoms. The maximum atomic E-state index is 11.3. The van der Waals surface area contributed by atoms with E-state index in [1.165, 1.54) is 13.3 Å². The van der Waals surface area contributed by atoms with Gasteiger partial charge >= 0.3 is 5.97 Å². The summed E-state index contributed by atoms with van der Waals surface area (Å²) in [6.45, 7) is 0. The fraction of sp³-hybridized carbons (Fsp3) is 0.500. The van der Waals surface area contributed by atoms with Gasteiger partial charge in [-0.15, -0.1) is 0 Å². The average molecular weight is 237 g/mol. The fourth-order valence-corrected chi connectivity index (χ4v) is 1.92. The number of aliphatic hydroxyl groups excluding tert-OH is 1. The number of ether oxygens (including phenoxy) is 2. The summed E-state index contributed by atoms with van der Waals surface area (Å²) in [5.74, 6) is 0.0985. The van der Waals surface area contributed by atoms with Crippen molar-refractivity contribution in [3.63, 3.8) is 0 Å². The molecule has 1 N–H and O–H groups in total. The van der Waals surface area contributed by atoms with Crippen LogP contribution in [0.15, 0.2) is 18.3 Å². The minimum atomic E-state index is -0.484. The number of hydrogen-bond donors (Lipinski definition) is 1. The summed E-state index contributed by atoms with van der Waals surface area (Å²) in [7, 11) is 1.31. The molecule has 0 radical (unpaired) electrons. The first-order chi connectivity index (χ1) is 8.19. The normalized spacial score (nSPS) is 23.4. The minimum absolute atomic E-state index is 0.0119. The second kappa shape index (κ2) is 5.14. The molecule has 1 heterocycles. The number of carbonyl (C=O) groups is 1. The van der Waals surface area contributed by atoms with Gasteiger partial charge in [-0.25, -0.2) is 9.78 Å². The average Bonchev–Trinajstić information content (AvgIpc) is 2.74. The Morgan fingerprint density at radius 3 is 3.00 bits per heavy atom. The highest BCUT2D eigenvalue weighted by Crippen LogP contribution is 2.24. The molecule has 2 rings (SSSR count). The summed E-state index contributed by atoms with van der Waals surface area (Å²) >= 11 is 0. The predicted octanol–water partition coefficient (Wildman–Crippen LogP) is 1.16. The Morgan fingerprint density at radius 1 is 1.53 bits per heavy atom. The lowest BCUT2D eigenvalue weighted by Crippen LogP contribution is -2.14. The van der Waals surface area contributed by atoms with Crippen molar-refractivity contribution in [2.75, 3.05) is 7.11 Å². The molecule has 5 heteroatoms. The summed E-state index contributed by atoms with van der Waals surface area (Å²) in [5.41, 5.74) is 0.226. The Labute approximate surface area is 99.4 Å². The lowest BCUT2D eigenvalue weighted by molar-refractivity contribution is 0.0593. The maximum absolute atomic E-state index is 11.3. The number of hydrogen-bond acceptors (Lipinski definition) is 5. The van der Waals surface area contributed by atoms with Gasteiger partial charge in [-0.3, -0.25) is 0 Å². The van der Waals surface area contributed by atoms with E-state index < -0.39 is 5.97 Å². The van der Waals surface area contributed by atoms with Crippen LogP contribution in [0.1, 0.15) is 29.8 Å². The van der Waals surface area contributed by atoms with E-state index in [0.29, 0.717) is 12.2 Å². The van der Waals surface area contributed by atoms with E-state index in [4.69, 9.17) is 4.74 Å². The molecule has 0 aliphatic heterocycles. The van der Waals surface area contributed by atoms with E-state index in [1.807, 2.05) is 0 Å². The monoisotopic (exact) mass is 237 g/mol. The molecule has 0 amide bonds. The van der Waals surface area contributed by atoms with Crippen LogP contribution in [0.25, 0.3) is 0 Å². The van der Waals surface area contributed by atoms with Crippen LogP contribution in [0.2, 0.25) is 0 Å². The third-order valence-electron chi connectivity index (χ3n) is 2.79. The van der Waals surface area contributed by atoms with Crippen LogP contribution in [-0.4, -0.2) is 35.4 Å². The van der Waals surface area contributed by atoms with Crippen molar-refractivity contribution in [3.8, 4) is 5.75 Å². The van der Waals surface area contributed by atoms with Gasteiger partial charge in [-0.1, -0.05) is 0 Å². The van der Waals surface area contributed by atoms with Crippen LogP contribution in [0.4, 0.5) is 0 Å². The Balaban J connectivity index is 2.03. The van der Waals surface area contributed by atoms with Gasteiger partial charge in [0, 0.05) is 18.7 Å². The zero-order valence-electron chi connectivity index (χ0n) is 9.63. The van der Waals surface area contributed by atoms with Gasteiger partial charge in [-0.05, 0) is 18.9 Å². The summed E-state index contributed by atoms with van der Waals surface area (Å²) in [6.07, 6.45) is 3.47. The lowest BCUT2D eigenvalue weighted by atomic mass is 10.3. The van der Waals surface area contributed by atoms with Crippen molar-refractivity contribution in [3.05, 3.63) is 24.0 Å². The first-order valence-corrected chi connectivity index (χ1v) is 5.58. The molecule has 0 spiro atoms. The van der Waals surface area contributed by atoms with Gasteiger partial charge in [-0.2, -0.15) is 0 Å². The van der Waals surface area contributed by atoms with Gasteiger partial charge < -0.3 is 14.6 Å². The van der Waals surface area contributed by atoms with Crippen LogP contribution in [0, 0.1) is 0 Å². The molecular weight excluding hydrogens is 222 g/mol. The molecular formula is C12H15NO4. The van der Waals surface area contributed by atoms with Crippen LogP contribution < -0.4 is 4.74 Å². The SMILES string of the molecule is COC(=O)c1cc(OC2CCC(O)C2)ccn1. The molecule has 1 aliphatic rings. The number of aromatic nitrogens is 1. The van der Waals surface area contributed by atoms with Crippen LogP contribution in [0.5, 0.6) is 5.75 Å². The summed E-state index contributed by atoms with van der Waals surface area (Å²) in [4.78, 5) is 15.2. The molecule has 1 aromatic heterocycles. The summed E-state index contributed by atoms with van der Waals surface area (Å²) in [5, 5.41) is 9.39. The van der Waals surface area contributed by atoms with E-state index in [-0.39, 0.29) is 17.9 Å². The summed E-state index contributed by atoms with van der Waals surface area (Å²) in [6, 6.07) is 3.24. The zero-order valence-corrected chi connectivity index (χ0v) is 9.63. The third-order valence-corrected chi connectivity index (χ3v) is 2.79. The molecule has 1 fully saturated rings. The predicted molar refractivity (Wildman–Crippen MR) is 59.9 cm³/mol. The van der Waals surface area contributed by atoms with Crippen molar-refractivity contribution in [1.82, 2.24) is 4.98 Å². The molecule has 1 aromatic rings. The second-order valence-electron chi connectivity index (χ2n) is 4.08. The van der Waals surface area contributed by atoms with Gasteiger partial charge in [0.2, 0.25) is 0 Å². The highest BCUT2D eigenvalue weighted by Gasteiger charge is 2.24. The number of methoxy groups -OCH3 is 1. The highest BCUT2D eigenvalue weighted by atomic mass is 16.5. The Morgan fingerprint density at radius 2 is 2.35 bits per heavy atom. The van der Waals surface area contributed by atoms with Crippen molar-refractivity contribution < 1.29 is 19.4 Å². The number of rotatable bonds is 3. The quantitative estimate of drug-likeness (QED) is 0.799. The smallest absolute Gasteiger partial charge is 0.356 e. The van der Waals surface area contributed by atoms with Crippen molar-refractivity contribution in [2.45, 2.75) is 31.5 Å². The topological polar surface area (TPSA) is 68.7 Å². The first kappa shape index (κ1) is 11.9. The molecule has 1 aliphatic carbocycles. The second-order valence-corrected chi connectivity index (χ2v) is 4.08. The number of nitrogens with zero attached hydrogens (tertiary/aromatic N) is 1. The molecule has 5 nitrogen and oxygen atoms in total. The lowest BCUT2D eigenvalue weighted by Gasteiger charge is -2.13. The van der Waals surface area contributed by atoms with Crippen LogP contribution >= 0.6 is 0 Å². The molecule has 0 aromatic carbocycles. The van der Waals surface area contributed by atoms with E-state index in [0.717, 1.165) is 12.8 Å². The van der Waals surface area contributed by atoms with Gasteiger partial charge in [0.1, 0.15) is 11.9 Å². The Kier molecular flexibility index (Phi) is 3.58. The number of esters is 1. The minimum Gasteiger partial charge on any atom is -0.490 e. The van der Waals surface area contributed by atoms with Gasteiger partial charge in [0.25, 0.3) is 0 Å². The number of aliphatic hydroxyl groups is 1. The van der Waals surface area contributed by atoms with Crippen molar-refractivity contribution >= 4 is 5.97 Å². The van der Waals surface area contributed by atoms with Crippen molar-refractivity contribution in [2.24, 2.45) is 0 Å². The number of pyridine rings is 1. The molecule has 2 unspecified atom stereocenters. The van der Waals surface area contributed by atoms with E-state index in [1.54, 1.807) is 12.1 Å². The van der Waals surface area contributed by atoms with E-state index in [2.05, 4.69) is 9.72 Å².